The van der Waals surface area contributed by atoms with E-state index in [9.17, 15) is 20.0 Å². The van der Waals surface area contributed by atoms with Crippen molar-refractivity contribution in [2.45, 2.75) is 78.1 Å². The molecule has 0 unspecified atom stereocenters. The number of aromatic hydroxyl groups is 1. The number of ether oxygens (including phenoxy) is 2. The number of carbonyl (C=O) groups is 1. The number of para-hydroxylation sites is 2. The van der Waals surface area contributed by atoms with E-state index in [-0.39, 0.29) is 39.3 Å². The van der Waals surface area contributed by atoms with E-state index in [1.165, 1.54) is 29.3 Å². The molecule has 4 aromatic rings. The molecule has 0 bridgehead atoms. The maximum absolute atomic E-state index is 13.4. The number of carbonyl (C=O) groups excluding carboxylic acids is 1. The third kappa shape index (κ3) is 7.56. The highest BCUT2D eigenvalue weighted by Gasteiger charge is 2.27. The van der Waals surface area contributed by atoms with Crippen LogP contribution in [0.3, 0.4) is 0 Å². The Hall–Kier alpha value is -4.59. The van der Waals surface area contributed by atoms with Gasteiger partial charge in [0.05, 0.1) is 11.5 Å². The van der Waals surface area contributed by atoms with E-state index in [0.717, 1.165) is 18.6 Å². The van der Waals surface area contributed by atoms with Crippen LogP contribution in [0.4, 0.5) is 5.69 Å². The molecule has 0 heterocycles. The number of hydrogen-bond donors (Lipinski definition) is 2. The number of hydrogen-bond acceptors (Lipinski definition) is 6. The summed E-state index contributed by atoms with van der Waals surface area (Å²) < 4.78 is 12.2. The SMILES string of the molecule is CCC(C)(C)c1ccc(OCCCCNC(=O)c2c(Oc3ccccc3[N+](=O)[O-])cc3ccccc3c2O)c(C(C)(C)CC)c1. The van der Waals surface area contributed by atoms with E-state index in [2.05, 4.69) is 65.1 Å². The Morgan fingerprint density at radius 3 is 2.27 bits per heavy atom. The van der Waals surface area contributed by atoms with Gasteiger partial charge in [0.2, 0.25) is 5.75 Å². The minimum Gasteiger partial charge on any atom is -0.506 e. The average molecular weight is 613 g/mol. The van der Waals surface area contributed by atoms with Crippen molar-refractivity contribution in [2.75, 3.05) is 13.2 Å². The highest BCUT2D eigenvalue weighted by molar-refractivity contribution is 6.06. The summed E-state index contributed by atoms with van der Waals surface area (Å²) in [5.74, 6) is 0.110. The van der Waals surface area contributed by atoms with Crippen LogP contribution in [0.5, 0.6) is 23.0 Å². The number of amides is 1. The minimum absolute atomic E-state index is 0.0275. The standard InChI is InChI=1S/C37H44N2O6/c1-7-36(3,4)26-19-20-30(28(24-26)37(5,6)8-2)44-22-14-13-21-38-35(41)33-32(23-25-15-9-10-16-27(25)34(33)40)45-31-18-12-11-17-29(31)39(42)43/h9-12,15-20,23-24,40H,7-8,13-14,21-22H2,1-6H3,(H,38,41). The maximum Gasteiger partial charge on any atom is 0.311 e. The van der Waals surface area contributed by atoms with Gasteiger partial charge in [-0.2, -0.15) is 0 Å². The predicted octanol–water partition coefficient (Wildman–Crippen LogP) is 9.21. The fourth-order valence-corrected chi connectivity index (χ4v) is 5.12. The third-order valence-electron chi connectivity index (χ3n) is 8.87. The van der Waals surface area contributed by atoms with Crippen molar-refractivity contribution in [1.82, 2.24) is 5.32 Å². The highest BCUT2D eigenvalue weighted by atomic mass is 16.6. The van der Waals surface area contributed by atoms with Gasteiger partial charge in [0.1, 0.15) is 22.8 Å². The van der Waals surface area contributed by atoms with Crippen LogP contribution in [-0.2, 0) is 10.8 Å². The number of fused-ring (bicyclic) bond motifs is 1. The molecule has 4 rings (SSSR count). The number of nitro benzene ring substituents is 1. The van der Waals surface area contributed by atoms with Crippen LogP contribution in [0.2, 0.25) is 0 Å². The number of nitrogens with zero attached hydrogens (tertiary/aromatic N) is 1. The van der Waals surface area contributed by atoms with Crippen molar-refractivity contribution in [1.29, 1.82) is 0 Å². The Bertz CT molecular complexity index is 1680. The molecule has 0 aliphatic rings. The largest absolute Gasteiger partial charge is 0.506 e. The molecule has 0 aliphatic heterocycles. The zero-order valence-corrected chi connectivity index (χ0v) is 27.1. The fourth-order valence-electron chi connectivity index (χ4n) is 5.12. The van der Waals surface area contributed by atoms with Crippen molar-refractivity contribution >= 4 is 22.4 Å². The van der Waals surface area contributed by atoms with Gasteiger partial charge >= 0.3 is 5.69 Å². The summed E-state index contributed by atoms with van der Waals surface area (Å²) in [4.78, 5) is 24.4. The fraction of sp³-hybridized carbons (Fsp3) is 0.378. The van der Waals surface area contributed by atoms with Crippen LogP contribution in [0.25, 0.3) is 10.8 Å². The summed E-state index contributed by atoms with van der Waals surface area (Å²) in [6.45, 7) is 14.2. The third-order valence-corrected chi connectivity index (χ3v) is 8.87. The van der Waals surface area contributed by atoms with Crippen molar-refractivity contribution in [2.24, 2.45) is 0 Å². The van der Waals surface area contributed by atoms with E-state index in [1.807, 2.05) is 0 Å². The number of rotatable bonds is 14. The molecule has 8 nitrogen and oxygen atoms in total. The van der Waals surface area contributed by atoms with Crippen LogP contribution < -0.4 is 14.8 Å². The molecular weight excluding hydrogens is 568 g/mol. The smallest absolute Gasteiger partial charge is 0.311 e. The molecule has 0 fully saturated rings. The molecule has 0 radical (unpaired) electrons. The summed E-state index contributed by atoms with van der Waals surface area (Å²) in [5.41, 5.74) is 2.23. The highest BCUT2D eigenvalue weighted by Crippen LogP contribution is 2.41. The summed E-state index contributed by atoms with van der Waals surface area (Å²) in [7, 11) is 0. The lowest BCUT2D eigenvalue weighted by molar-refractivity contribution is -0.385. The maximum atomic E-state index is 13.4. The van der Waals surface area contributed by atoms with Crippen LogP contribution in [-0.4, -0.2) is 29.1 Å². The first-order valence-electron chi connectivity index (χ1n) is 15.6. The molecule has 0 saturated heterocycles. The number of benzene rings is 4. The topological polar surface area (TPSA) is 111 Å². The van der Waals surface area contributed by atoms with Gasteiger partial charge in [-0.3, -0.25) is 14.9 Å². The zero-order valence-electron chi connectivity index (χ0n) is 27.1. The second-order valence-corrected chi connectivity index (χ2v) is 12.6. The quantitative estimate of drug-likeness (QED) is 0.0834. The Labute approximate surface area is 265 Å². The second-order valence-electron chi connectivity index (χ2n) is 12.6. The van der Waals surface area contributed by atoms with Gasteiger partial charge in [0.15, 0.2) is 0 Å². The number of nitro groups is 1. The van der Waals surface area contributed by atoms with Crippen LogP contribution in [0.15, 0.2) is 72.8 Å². The van der Waals surface area contributed by atoms with Crippen molar-refractivity contribution in [3.05, 3.63) is 99.6 Å². The number of nitrogens with one attached hydrogen (secondary N) is 1. The Balaban J connectivity index is 1.45. The van der Waals surface area contributed by atoms with Gasteiger partial charge in [-0.15, -0.1) is 0 Å². The lowest BCUT2D eigenvalue weighted by Gasteiger charge is -2.30. The van der Waals surface area contributed by atoms with Gasteiger partial charge in [0.25, 0.3) is 5.91 Å². The normalized spacial score (nSPS) is 11.8. The van der Waals surface area contributed by atoms with Gasteiger partial charge in [0, 0.05) is 23.6 Å². The van der Waals surface area contributed by atoms with Gasteiger partial charge in [-0.25, -0.2) is 0 Å². The van der Waals surface area contributed by atoms with E-state index < -0.39 is 10.8 Å². The molecule has 2 N–H and O–H groups in total. The second kappa shape index (κ2) is 14.0. The first kappa shape index (κ1) is 33.3. The molecule has 4 aromatic carbocycles. The Morgan fingerprint density at radius 2 is 1.56 bits per heavy atom. The molecule has 8 heteroatoms. The van der Waals surface area contributed by atoms with Gasteiger partial charge in [-0.1, -0.05) is 90.1 Å². The van der Waals surface area contributed by atoms with Gasteiger partial charge in [-0.05, 0) is 65.7 Å². The zero-order chi connectivity index (χ0) is 32.8. The molecule has 0 saturated carbocycles. The van der Waals surface area contributed by atoms with E-state index in [1.54, 1.807) is 36.4 Å². The van der Waals surface area contributed by atoms with Crippen molar-refractivity contribution in [3.8, 4) is 23.0 Å². The summed E-state index contributed by atoms with van der Waals surface area (Å²) in [6.07, 6.45) is 3.38. The number of unbranched alkanes of at least 4 members (excludes halogenated alkanes) is 1. The van der Waals surface area contributed by atoms with Crippen molar-refractivity contribution in [3.63, 3.8) is 0 Å². The Morgan fingerprint density at radius 1 is 0.867 bits per heavy atom. The molecule has 0 aliphatic carbocycles. The summed E-state index contributed by atoms with van der Waals surface area (Å²) in [6, 6.07) is 21.1. The summed E-state index contributed by atoms with van der Waals surface area (Å²) >= 11 is 0. The van der Waals surface area contributed by atoms with Crippen LogP contribution >= 0.6 is 0 Å². The minimum atomic E-state index is -0.551. The lowest BCUT2D eigenvalue weighted by Crippen LogP contribution is -2.25. The molecule has 45 heavy (non-hydrogen) atoms. The average Bonchev–Trinajstić information content (AvgIpc) is 3.02. The molecule has 0 spiro atoms. The first-order chi connectivity index (χ1) is 21.4. The van der Waals surface area contributed by atoms with Crippen LogP contribution in [0, 0.1) is 10.1 Å². The number of phenolic OH excluding ortho intramolecular Hbond substituents is 1. The van der Waals surface area contributed by atoms with E-state index >= 15 is 0 Å². The molecule has 0 aromatic heterocycles. The Kier molecular flexibility index (Phi) is 10.4. The molecule has 238 valence electrons. The number of phenols is 1. The lowest BCUT2D eigenvalue weighted by atomic mass is 9.76. The summed E-state index contributed by atoms with van der Waals surface area (Å²) in [5, 5.41) is 26.7. The van der Waals surface area contributed by atoms with Gasteiger partial charge < -0.3 is 19.9 Å². The molecular formula is C37H44N2O6. The predicted molar refractivity (Wildman–Crippen MR) is 179 cm³/mol. The van der Waals surface area contributed by atoms with Crippen molar-refractivity contribution < 1.29 is 24.3 Å². The first-order valence-corrected chi connectivity index (χ1v) is 15.6. The van der Waals surface area contributed by atoms with E-state index in [0.29, 0.717) is 36.8 Å². The molecule has 1 amide bonds. The van der Waals surface area contributed by atoms with Crippen LogP contribution in [0.1, 0.15) is 88.7 Å². The van der Waals surface area contributed by atoms with E-state index in [4.69, 9.17) is 9.47 Å². The molecule has 0 atom stereocenters. The monoisotopic (exact) mass is 612 g/mol.